The molecule has 0 radical (unpaired) electrons. The molecular weight excluding hydrogens is 226 g/mol. The lowest BCUT2D eigenvalue weighted by molar-refractivity contribution is -0.142. The van der Waals surface area contributed by atoms with Crippen molar-refractivity contribution in [1.82, 2.24) is 4.57 Å². The average Bonchev–Trinajstić information content (AvgIpc) is 2.61. The molecule has 3 nitrogen and oxygen atoms in total. The third-order valence-corrected chi connectivity index (χ3v) is 3.39. The molecule has 0 aliphatic carbocycles. The van der Waals surface area contributed by atoms with E-state index >= 15 is 0 Å². The Balaban J connectivity index is 2.48. The van der Waals surface area contributed by atoms with Gasteiger partial charge in [-0.15, -0.1) is 0 Å². The number of benzene rings is 1. The highest BCUT2D eigenvalue weighted by Gasteiger charge is 2.13. The highest BCUT2D eigenvalue weighted by molar-refractivity contribution is 5.90. The van der Waals surface area contributed by atoms with Crippen molar-refractivity contribution in [3.8, 4) is 0 Å². The van der Waals surface area contributed by atoms with E-state index in [0.717, 1.165) is 10.9 Å². The summed E-state index contributed by atoms with van der Waals surface area (Å²) < 4.78 is 7.10. The molecule has 3 heteroatoms. The van der Waals surface area contributed by atoms with E-state index < -0.39 is 0 Å². The fourth-order valence-corrected chi connectivity index (χ4v) is 2.39. The van der Waals surface area contributed by atoms with Crippen LogP contribution in [0.15, 0.2) is 18.3 Å². The molecule has 2 rings (SSSR count). The van der Waals surface area contributed by atoms with Gasteiger partial charge in [0.2, 0.25) is 0 Å². The lowest BCUT2D eigenvalue weighted by atomic mass is 10.0. The summed E-state index contributed by atoms with van der Waals surface area (Å²) >= 11 is 0. The minimum atomic E-state index is -0.164. The van der Waals surface area contributed by atoms with Crippen molar-refractivity contribution in [2.45, 2.75) is 27.2 Å². The quantitative estimate of drug-likeness (QED) is 0.779. The van der Waals surface area contributed by atoms with Gasteiger partial charge in [-0.2, -0.15) is 0 Å². The van der Waals surface area contributed by atoms with Crippen molar-refractivity contribution in [2.24, 2.45) is 7.05 Å². The van der Waals surface area contributed by atoms with E-state index in [1.54, 1.807) is 0 Å². The summed E-state index contributed by atoms with van der Waals surface area (Å²) in [4.78, 5) is 11.6. The van der Waals surface area contributed by atoms with Crippen LogP contribution in [-0.2, 0) is 23.0 Å². The SMILES string of the molecule is CCOC(=O)Cc1cn(C)c2c(C)c(C)ccc12. The molecule has 1 heterocycles. The van der Waals surface area contributed by atoms with Crippen LogP contribution >= 0.6 is 0 Å². The zero-order valence-electron chi connectivity index (χ0n) is 11.4. The summed E-state index contributed by atoms with van der Waals surface area (Å²) in [6.07, 6.45) is 2.36. The third kappa shape index (κ3) is 2.13. The van der Waals surface area contributed by atoms with Crippen LogP contribution in [0.3, 0.4) is 0 Å². The molecule has 0 N–H and O–H groups in total. The van der Waals surface area contributed by atoms with Gasteiger partial charge in [-0.3, -0.25) is 4.79 Å². The average molecular weight is 245 g/mol. The predicted octanol–water partition coefficient (Wildman–Crippen LogP) is 2.90. The zero-order chi connectivity index (χ0) is 13.3. The number of fused-ring (bicyclic) bond motifs is 1. The summed E-state index contributed by atoms with van der Waals surface area (Å²) in [5.74, 6) is -0.164. The molecular formula is C15H19NO2. The molecule has 96 valence electrons. The van der Waals surface area contributed by atoms with Gasteiger partial charge < -0.3 is 9.30 Å². The largest absolute Gasteiger partial charge is 0.466 e. The van der Waals surface area contributed by atoms with E-state index in [2.05, 4.69) is 30.5 Å². The van der Waals surface area contributed by atoms with Gasteiger partial charge in [0.15, 0.2) is 0 Å². The summed E-state index contributed by atoms with van der Waals surface area (Å²) in [7, 11) is 2.02. The number of hydrogen-bond acceptors (Lipinski definition) is 2. The fourth-order valence-electron chi connectivity index (χ4n) is 2.39. The van der Waals surface area contributed by atoms with E-state index in [4.69, 9.17) is 4.74 Å². The van der Waals surface area contributed by atoms with E-state index in [1.165, 1.54) is 16.6 Å². The summed E-state index contributed by atoms with van der Waals surface area (Å²) in [5.41, 5.74) is 4.78. The molecule has 0 spiro atoms. The van der Waals surface area contributed by atoms with Crippen LogP contribution in [0.2, 0.25) is 0 Å². The van der Waals surface area contributed by atoms with Crippen LogP contribution < -0.4 is 0 Å². The maximum absolute atomic E-state index is 11.6. The van der Waals surface area contributed by atoms with Crippen molar-refractivity contribution in [1.29, 1.82) is 0 Å². The van der Waals surface area contributed by atoms with Gasteiger partial charge in [-0.05, 0) is 37.5 Å². The molecule has 1 aromatic carbocycles. The Morgan fingerprint density at radius 3 is 2.72 bits per heavy atom. The van der Waals surface area contributed by atoms with Crippen LogP contribution in [0.25, 0.3) is 10.9 Å². The highest BCUT2D eigenvalue weighted by atomic mass is 16.5. The second-order valence-corrected chi connectivity index (χ2v) is 4.65. The van der Waals surface area contributed by atoms with Gasteiger partial charge in [0.05, 0.1) is 18.5 Å². The van der Waals surface area contributed by atoms with Gasteiger partial charge >= 0.3 is 5.97 Å². The normalized spacial score (nSPS) is 10.9. The van der Waals surface area contributed by atoms with Crippen LogP contribution in [0.4, 0.5) is 0 Å². The van der Waals surface area contributed by atoms with Crippen molar-refractivity contribution < 1.29 is 9.53 Å². The van der Waals surface area contributed by atoms with Crippen molar-refractivity contribution >= 4 is 16.9 Å². The molecule has 0 bridgehead atoms. The molecule has 0 amide bonds. The molecule has 1 aromatic heterocycles. The maximum Gasteiger partial charge on any atom is 0.310 e. The predicted molar refractivity (Wildman–Crippen MR) is 72.7 cm³/mol. The van der Waals surface area contributed by atoms with E-state index in [9.17, 15) is 4.79 Å². The number of hydrogen-bond donors (Lipinski definition) is 0. The first kappa shape index (κ1) is 12.7. The first-order valence-electron chi connectivity index (χ1n) is 6.24. The Labute approximate surface area is 107 Å². The summed E-state index contributed by atoms with van der Waals surface area (Å²) in [5, 5.41) is 1.15. The second kappa shape index (κ2) is 4.84. The van der Waals surface area contributed by atoms with Gasteiger partial charge in [0.1, 0.15) is 0 Å². The fraction of sp³-hybridized carbons (Fsp3) is 0.400. The van der Waals surface area contributed by atoms with E-state index in [0.29, 0.717) is 13.0 Å². The molecule has 18 heavy (non-hydrogen) atoms. The molecule has 0 aliphatic rings. The van der Waals surface area contributed by atoms with E-state index in [1.807, 2.05) is 20.2 Å². The molecule has 0 fully saturated rings. The molecule has 0 saturated carbocycles. The topological polar surface area (TPSA) is 31.2 Å². The number of aromatic nitrogens is 1. The molecule has 0 unspecified atom stereocenters. The monoisotopic (exact) mass is 245 g/mol. The van der Waals surface area contributed by atoms with Crippen LogP contribution in [-0.4, -0.2) is 17.1 Å². The van der Waals surface area contributed by atoms with Crippen molar-refractivity contribution in [3.05, 3.63) is 35.0 Å². The van der Waals surface area contributed by atoms with Crippen molar-refractivity contribution in [3.63, 3.8) is 0 Å². The molecule has 0 saturated heterocycles. The summed E-state index contributed by atoms with van der Waals surface area (Å²) in [6.45, 7) is 6.48. The number of carbonyl (C=O) groups excluding carboxylic acids is 1. The number of ether oxygens (including phenoxy) is 1. The minimum Gasteiger partial charge on any atom is -0.466 e. The smallest absolute Gasteiger partial charge is 0.310 e. The first-order valence-corrected chi connectivity index (χ1v) is 6.24. The van der Waals surface area contributed by atoms with Gasteiger partial charge in [-0.25, -0.2) is 0 Å². The van der Waals surface area contributed by atoms with Gasteiger partial charge in [0.25, 0.3) is 0 Å². The van der Waals surface area contributed by atoms with Crippen LogP contribution in [0, 0.1) is 13.8 Å². The second-order valence-electron chi connectivity index (χ2n) is 4.65. The Hall–Kier alpha value is -1.77. The van der Waals surface area contributed by atoms with E-state index in [-0.39, 0.29) is 5.97 Å². The third-order valence-electron chi connectivity index (χ3n) is 3.39. The minimum absolute atomic E-state index is 0.164. The standard InChI is InChI=1S/C15H19NO2/c1-5-18-14(17)8-12-9-16(4)15-11(3)10(2)6-7-13(12)15/h6-7,9H,5,8H2,1-4H3. The molecule has 0 atom stereocenters. The number of rotatable bonds is 3. The number of aryl methyl sites for hydroxylation is 3. The Bertz CT molecular complexity index is 596. The van der Waals surface area contributed by atoms with Gasteiger partial charge in [-0.1, -0.05) is 12.1 Å². The van der Waals surface area contributed by atoms with Crippen LogP contribution in [0.5, 0.6) is 0 Å². The number of nitrogens with zero attached hydrogens (tertiary/aromatic N) is 1. The van der Waals surface area contributed by atoms with Gasteiger partial charge in [0, 0.05) is 18.6 Å². The van der Waals surface area contributed by atoms with Crippen LogP contribution in [0.1, 0.15) is 23.6 Å². The molecule has 2 aromatic rings. The maximum atomic E-state index is 11.6. The summed E-state index contributed by atoms with van der Waals surface area (Å²) in [6, 6.07) is 4.19. The first-order chi connectivity index (χ1) is 8.54. The lowest BCUT2D eigenvalue weighted by Crippen LogP contribution is -2.07. The highest BCUT2D eigenvalue weighted by Crippen LogP contribution is 2.26. The zero-order valence-corrected chi connectivity index (χ0v) is 11.4. The Morgan fingerprint density at radius 1 is 1.33 bits per heavy atom. The van der Waals surface area contributed by atoms with Crippen molar-refractivity contribution in [2.75, 3.05) is 6.61 Å². The Morgan fingerprint density at radius 2 is 2.06 bits per heavy atom. The lowest BCUT2D eigenvalue weighted by Gasteiger charge is -2.05. The number of esters is 1. The number of carbonyl (C=O) groups is 1. The Kier molecular flexibility index (Phi) is 3.41. The molecule has 0 aliphatic heterocycles.